The maximum absolute atomic E-state index is 12.7. The molecular weight excluding hydrogens is 367 g/mol. The molecule has 0 radical (unpaired) electrons. The van der Waals surface area contributed by atoms with E-state index in [1.54, 1.807) is 36.9 Å². The number of carbonyl (C=O) groups is 1. The Balaban J connectivity index is 2.03. The molecule has 0 saturated carbocycles. The number of nitrogens with one attached hydrogen (secondary N) is 1. The Hall–Kier alpha value is -2.09. The van der Waals surface area contributed by atoms with E-state index in [0.29, 0.717) is 33.9 Å². The van der Waals surface area contributed by atoms with Crippen molar-refractivity contribution in [3.05, 3.63) is 51.4 Å². The SMILES string of the molecule is COCCOC(=O)C1=C(C)Nc2ncnn2C1c1ccc(Cl)c(Cl)c1. The molecule has 1 atom stereocenters. The van der Waals surface area contributed by atoms with E-state index in [1.165, 1.54) is 6.33 Å². The number of hydrogen-bond acceptors (Lipinski definition) is 6. The number of esters is 1. The number of benzene rings is 1. The largest absolute Gasteiger partial charge is 0.460 e. The maximum Gasteiger partial charge on any atom is 0.338 e. The van der Waals surface area contributed by atoms with Gasteiger partial charge in [-0.1, -0.05) is 29.3 Å². The molecule has 1 aromatic carbocycles. The molecule has 1 N–H and O–H groups in total. The first-order valence-electron chi connectivity index (χ1n) is 7.51. The normalized spacial score (nSPS) is 16.4. The minimum Gasteiger partial charge on any atom is -0.460 e. The number of methoxy groups -OCH3 is 1. The molecule has 0 fully saturated rings. The van der Waals surface area contributed by atoms with Crippen molar-refractivity contribution in [2.75, 3.05) is 25.6 Å². The van der Waals surface area contributed by atoms with Gasteiger partial charge in [0.15, 0.2) is 0 Å². The smallest absolute Gasteiger partial charge is 0.338 e. The Morgan fingerprint density at radius 2 is 2.12 bits per heavy atom. The molecule has 0 spiro atoms. The summed E-state index contributed by atoms with van der Waals surface area (Å²) in [6.45, 7) is 2.26. The standard InChI is InChI=1S/C16H16Cl2N4O3/c1-9-13(15(23)25-6-5-24-2)14(22-16(21-9)19-8-20-22)10-3-4-11(17)12(18)7-10/h3-4,7-8,14H,5-6H2,1-2H3,(H,19,20,21). The Labute approximate surface area is 154 Å². The minimum atomic E-state index is -0.524. The van der Waals surface area contributed by atoms with Gasteiger partial charge in [-0.3, -0.25) is 0 Å². The fourth-order valence-electron chi connectivity index (χ4n) is 2.64. The third kappa shape index (κ3) is 3.49. The van der Waals surface area contributed by atoms with Crippen LogP contribution in [0, 0.1) is 0 Å². The quantitative estimate of drug-likeness (QED) is 0.632. The Bertz CT molecular complexity index is 835. The van der Waals surface area contributed by atoms with Crippen LogP contribution in [0.25, 0.3) is 0 Å². The van der Waals surface area contributed by atoms with Crippen molar-refractivity contribution in [3.8, 4) is 0 Å². The van der Waals surface area contributed by atoms with Gasteiger partial charge in [-0.2, -0.15) is 10.1 Å². The average molecular weight is 383 g/mol. The van der Waals surface area contributed by atoms with Gasteiger partial charge in [-0.15, -0.1) is 0 Å². The van der Waals surface area contributed by atoms with Gasteiger partial charge in [0.2, 0.25) is 5.95 Å². The number of rotatable bonds is 5. The number of hydrogen-bond donors (Lipinski definition) is 1. The summed E-state index contributed by atoms with van der Waals surface area (Å²) in [5, 5.41) is 8.12. The zero-order valence-corrected chi connectivity index (χ0v) is 15.1. The predicted molar refractivity (Wildman–Crippen MR) is 93.8 cm³/mol. The van der Waals surface area contributed by atoms with Gasteiger partial charge in [-0.25, -0.2) is 9.48 Å². The van der Waals surface area contributed by atoms with Crippen LogP contribution in [-0.2, 0) is 14.3 Å². The highest BCUT2D eigenvalue weighted by Crippen LogP contribution is 2.37. The fraction of sp³-hybridized carbons (Fsp3) is 0.312. The lowest BCUT2D eigenvalue weighted by Crippen LogP contribution is -2.30. The van der Waals surface area contributed by atoms with Gasteiger partial charge in [-0.05, 0) is 24.6 Å². The molecular formula is C16H16Cl2N4O3. The first-order chi connectivity index (χ1) is 12.0. The average Bonchev–Trinajstić information content (AvgIpc) is 3.04. The number of allylic oxidation sites excluding steroid dienone is 1. The van der Waals surface area contributed by atoms with Gasteiger partial charge in [0.1, 0.15) is 19.0 Å². The molecule has 1 aromatic heterocycles. The van der Waals surface area contributed by atoms with Crippen LogP contribution in [0.2, 0.25) is 10.0 Å². The lowest BCUT2D eigenvalue weighted by molar-refractivity contribution is -0.140. The maximum atomic E-state index is 12.7. The van der Waals surface area contributed by atoms with Gasteiger partial charge in [0.25, 0.3) is 0 Å². The topological polar surface area (TPSA) is 78.3 Å². The molecule has 0 bridgehead atoms. The first-order valence-corrected chi connectivity index (χ1v) is 8.26. The second-order valence-corrected chi connectivity index (χ2v) is 6.21. The van der Waals surface area contributed by atoms with Crippen LogP contribution in [-0.4, -0.2) is 41.1 Å². The minimum absolute atomic E-state index is 0.157. The van der Waals surface area contributed by atoms with E-state index in [4.69, 9.17) is 32.7 Å². The number of aromatic nitrogens is 3. The molecule has 2 aromatic rings. The summed E-state index contributed by atoms with van der Waals surface area (Å²) in [5.41, 5.74) is 1.81. The molecule has 0 amide bonds. The lowest BCUT2D eigenvalue weighted by Gasteiger charge is -2.28. The molecule has 9 heteroatoms. The Morgan fingerprint density at radius 3 is 2.84 bits per heavy atom. The number of fused-ring (bicyclic) bond motifs is 1. The zero-order valence-electron chi connectivity index (χ0n) is 13.6. The molecule has 3 rings (SSSR count). The van der Waals surface area contributed by atoms with Crippen molar-refractivity contribution in [3.63, 3.8) is 0 Å². The number of halogens is 2. The Kier molecular flexibility index (Phi) is 5.27. The van der Waals surface area contributed by atoms with E-state index in [-0.39, 0.29) is 6.61 Å². The number of ether oxygens (including phenoxy) is 2. The Morgan fingerprint density at radius 1 is 1.32 bits per heavy atom. The number of anilines is 1. The van der Waals surface area contributed by atoms with Crippen molar-refractivity contribution >= 4 is 35.1 Å². The van der Waals surface area contributed by atoms with E-state index in [0.717, 1.165) is 5.56 Å². The fourth-order valence-corrected chi connectivity index (χ4v) is 2.95. The summed E-state index contributed by atoms with van der Waals surface area (Å²) in [6.07, 6.45) is 1.42. The second kappa shape index (κ2) is 7.43. The molecule has 25 heavy (non-hydrogen) atoms. The van der Waals surface area contributed by atoms with E-state index in [1.807, 2.05) is 0 Å². The van der Waals surface area contributed by atoms with E-state index in [2.05, 4.69) is 15.4 Å². The molecule has 1 aliphatic rings. The van der Waals surface area contributed by atoms with Crippen molar-refractivity contribution in [1.29, 1.82) is 0 Å². The van der Waals surface area contributed by atoms with Crippen LogP contribution in [0.4, 0.5) is 5.95 Å². The highest BCUT2D eigenvalue weighted by atomic mass is 35.5. The van der Waals surface area contributed by atoms with E-state index < -0.39 is 12.0 Å². The number of carbonyl (C=O) groups excluding carboxylic acids is 1. The van der Waals surface area contributed by atoms with Crippen molar-refractivity contribution in [2.24, 2.45) is 0 Å². The van der Waals surface area contributed by atoms with Gasteiger partial charge < -0.3 is 14.8 Å². The third-order valence-corrected chi connectivity index (χ3v) is 4.53. The van der Waals surface area contributed by atoms with Crippen LogP contribution in [0.3, 0.4) is 0 Å². The monoisotopic (exact) mass is 382 g/mol. The second-order valence-electron chi connectivity index (χ2n) is 5.40. The summed E-state index contributed by atoms with van der Waals surface area (Å²) in [4.78, 5) is 16.8. The molecule has 0 aliphatic carbocycles. The van der Waals surface area contributed by atoms with Crippen molar-refractivity contribution < 1.29 is 14.3 Å². The van der Waals surface area contributed by atoms with Crippen LogP contribution in [0.5, 0.6) is 0 Å². The van der Waals surface area contributed by atoms with Crippen LogP contribution >= 0.6 is 23.2 Å². The highest BCUT2D eigenvalue weighted by Gasteiger charge is 2.34. The zero-order chi connectivity index (χ0) is 18.0. The van der Waals surface area contributed by atoms with Crippen LogP contribution < -0.4 is 5.32 Å². The highest BCUT2D eigenvalue weighted by molar-refractivity contribution is 6.42. The summed E-state index contributed by atoms with van der Waals surface area (Å²) in [6, 6.07) is 4.66. The summed E-state index contributed by atoms with van der Waals surface area (Å²) < 4.78 is 11.8. The molecule has 132 valence electrons. The van der Waals surface area contributed by atoms with Crippen molar-refractivity contribution in [2.45, 2.75) is 13.0 Å². The summed E-state index contributed by atoms with van der Waals surface area (Å²) in [7, 11) is 1.54. The van der Waals surface area contributed by atoms with Gasteiger partial charge in [0.05, 0.1) is 22.2 Å². The molecule has 2 heterocycles. The predicted octanol–water partition coefficient (Wildman–Crippen LogP) is 3.06. The third-order valence-electron chi connectivity index (χ3n) is 3.79. The van der Waals surface area contributed by atoms with Crippen molar-refractivity contribution in [1.82, 2.24) is 14.8 Å². The molecule has 1 unspecified atom stereocenters. The van der Waals surface area contributed by atoms with Crippen LogP contribution in [0.1, 0.15) is 18.5 Å². The summed E-state index contributed by atoms with van der Waals surface area (Å²) >= 11 is 12.2. The number of nitrogens with zero attached hydrogens (tertiary/aromatic N) is 3. The molecule has 1 aliphatic heterocycles. The van der Waals surface area contributed by atoms with Gasteiger partial charge >= 0.3 is 5.97 Å². The van der Waals surface area contributed by atoms with Gasteiger partial charge in [0, 0.05) is 12.8 Å². The molecule has 7 nitrogen and oxygen atoms in total. The lowest BCUT2D eigenvalue weighted by atomic mass is 9.96. The molecule has 0 saturated heterocycles. The van der Waals surface area contributed by atoms with E-state index >= 15 is 0 Å². The van der Waals surface area contributed by atoms with Crippen LogP contribution in [0.15, 0.2) is 35.8 Å². The first kappa shape index (κ1) is 17.7. The van der Waals surface area contributed by atoms with E-state index in [9.17, 15) is 4.79 Å². The summed E-state index contributed by atoms with van der Waals surface area (Å²) in [5.74, 6) is 0.0706.